The molecule has 2 unspecified atom stereocenters. The van der Waals surface area contributed by atoms with Gasteiger partial charge in [0, 0.05) is 29.3 Å². The molecule has 0 bridgehead atoms. The summed E-state index contributed by atoms with van der Waals surface area (Å²) in [6.07, 6.45) is 3.19. The highest BCUT2D eigenvalue weighted by atomic mass is 35.5. The Morgan fingerprint density at radius 2 is 2.15 bits per heavy atom. The van der Waals surface area contributed by atoms with Crippen LogP contribution in [-0.4, -0.2) is 29.4 Å². The Morgan fingerprint density at radius 1 is 1.40 bits per heavy atom. The van der Waals surface area contributed by atoms with Crippen LogP contribution in [0.15, 0.2) is 18.2 Å². The molecule has 0 aromatic heterocycles. The predicted molar refractivity (Wildman–Crippen MR) is 84.6 cm³/mol. The summed E-state index contributed by atoms with van der Waals surface area (Å²) < 4.78 is 0. The van der Waals surface area contributed by atoms with Crippen molar-refractivity contribution < 1.29 is 4.79 Å². The van der Waals surface area contributed by atoms with Crippen LogP contribution in [0, 0.1) is 0 Å². The largest absolute Gasteiger partial charge is 0.385 e. The maximum Gasteiger partial charge on any atom is 0.256 e. The van der Waals surface area contributed by atoms with E-state index in [9.17, 15) is 4.79 Å². The highest BCUT2D eigenvalue weighted by Crippen LogP contribution is 2.30. The molecule has 1 saturated heterocycles. The van der Waals surface area contributed by atoms with Gasteiger partial charge >= 0.3 is 0 Å². The van der Waals surface area contributed by atoms with Crippen LogP contribution < -0.4 is 5.32 Å². The lowest BCUT2D eigenvalue weighted by atomic mass is 10.1. The van der Waals surface area contributed by atoms with E-state index in [1.165, 1.54) is 0 Å². The first kappa shape index (κ1) is 15.2. The fraction of sp³-hybridized carbons (Fsp3) is 0.562. The monoisotopic (exact) mass is 294 g/mol. The molecule has 1 aliphatic heterocycles. The van der Waals surface area contributed by atoms with Gasteiger partial charge in [0.2, 0.25) is 0 Å². The molecule has 1 aromatic rings. The Hall–Kier alpha value is -1.22. The third-order valence-electron chi connectivity index (χ3n) is 4.07. The van der Waals surface area contributed by atoms with Crippen molar-refractivity contribution in [3.63, 3.8) is 0 Å². The molecule has 0 spiro atoms. The molecule has 2 rings (SSSR count). The number of halogens is 1. The van der Waals surface area contributed by atoms with Crippen LogP contribution in [0.2, 0.25) is 5.02 Å². The number of benzene rings is 1. The molecule has 1 heterocycles. The average molecular weight is 295 g/mol. The van der Waals surface area contributed by atoms with E-state index in [1.54, 1.807) is 6.07 Å². The number of anilines is 1. The third-order valence-corrected chi connectivity index (χ3v) is 4.31. The van der Waals surface area contributed by atoms with Crippen molar-refractivity contribution in [3.05, 3.63) is 28.8 Å². The van der Waals surface area contributed by atoms with Gasteiger partial charge in [-0.2, -0.15) is 0 Å². The van der Waals surface area contributed by atoms with Crippen molar-refractivity contribution in [1.82, 2.24) is 4.90 Å². The van der Waals surface area contributed by atoms with Crippen LogP contribution in [0.1, 0.15) is 50.4 Å². The van der Waals surface area contributed by atoms with Gasteiger partial charge in [-0.25, -0.2) is 0 Å². The number of amides is 1. The van der Waals surface area contributed by atoms with Crippen LogP contribution in [0.5, 0.6) is 0 Å². The van der Waals surface area contributed by atoms with Gasteiger partial charge in [-0.15, -0.1) is 0 Å². The van der Waals surface area contributed by atoms with Crippen LogP contribution in [0.25, 0.3) is 0 Å². The summed E-state index contributed by atoms with van der Waals surface area (Å²) in [5, 5.41) is 3.86. The molecule has 1 fully saturated rings. The van der Waals surface area contributed by atoms with Crippen molar-refractivity contribution in [2.75, 3.05) is 11.9 Å². The fourth-order valence-corrected chi connectivity index (χ4v) is 3.19. The number of nitrogens with one attached hydrogen (secondary N) is 1. The van der Waals surface area contributed by atoms with Gasteiger partial charge in [0.05, 0.1) is 5.56 Å². The quantitative estimate of drug-likeness (QED) is 0.904. The molecular weight excluding hydrogens is 272 g/mol. The molecule has 110 valence electrons. The second-order valence-corrected chi connectivity index (χ2v) is 5.86. The van der Waals surface area contributed by atoms with Gasteiger partial charge in [0.25, 0.3) is 5.91 Å². The molecule has 3 nitrogen and oxygen atoms in total. The predicted octanol–water partition coefficient (Wildman–Crippen LogP) is 4.17. The van der Waals surface area contributed by atoms with Crippen molar-refractivity contribution in [2.24, 2.45) is 0 Å². The number of nitrogens with zero attached hydrogens (tertiary/aromatic N) is 1. The van der Waals surface area contributed by atoms with Crippen molar-refractivity contribution >= 4 is 23.2 Å². The minimum absolute atomic E-state index is 0.0975. The highest BCUT2D eigenvalue weighted by Gasteiger charge is 2.34. The zero-order valence-corrected chi connectivity index (χ0v) is 13.2. The number of hydrogen-bond donors (Lipinski definition) is 1. The second kappa shape index (κ2) is 6.49. The summed E-state index contributed by atoms with van der Waals surface area (Å²) in [6, 6.07) is 6.15. The molecular formula is C16H23ClN2O. The summed E-state index contributed by atoms with van der Waals surface area (Å²) in [5.74, 6) is 0.0975. The molecule has 2 atom stereocenters. The SMILES string of the molecule is CCNc1ccc(Cl)cc1C(=O)N1C(C)CCC1CC. The third kappa shape index (κ3) is 2.93. The molecule has 20 heavy (non-hydrogen) atoms. The first-order valence-electron chi connectivity index (χ1n) is 7.44. The summed E-state index contributed by atoms with van der Waals surface area (Å²) in [5.41, 5.74) is 1.56. The summed E-state index contributed by atoms with van der Waals surface area (Å²) in [7, 11) is 0. The van der Waals surface area contributed by atoms with E-state index in [-0.39, 0.29) is 5.91 Å². The van der Waals surface area contributed by atoms with Crippen LogP contribution in [0.4, 0.5) is 5.69 Å². The molecule has 1 aliphatic rings. The van der Waals surface area contributed by atoms with E-state index in [1.807, 2.05) is 24.0 Å². The Kier molecular flexibility index (Phi) is 4.92. The van der Waals surface area contributed by atoms with Gasteiger partial charge in [0.1, 0.15) is 0 Å². The zero-order valence-electron chi connectivity index (χ0n) is 12.4. The number of likely N-dealkylation sites (tertiary alicyclic amines) is 1. The van der Waals surface area contributed by atoms with Crippen molar-refractivity contribution in [1.29, 1.82) is 0 Å². The Labute approximate surface area is 126 Å². The van der Waals surface area contributed by atoms with Gasteiger partial charge in [-0.05, 0) is 51.3 Å². The summed E-state index contributed by atoms with van der Waals surface area (Å²) in [4.78, 5) is 14.9. The van der Waals surface area contributed by atoms with E-state index in [0.717, 1.165) is 31.5 Å². The van der Waals surface area contributed by atoms with Crippen LogP contribution in [0.3, 0.4) is 0 Å². The van der Waals surface area contributed by atoms with Gasteiger partial charge in [0.15, 0.2) is 0 Å². The zero-order chi connectivity index (χ0) is 14.7. The summed E-state index contributed by atoms with van der Waals surface area (Å²) >= 11 is 6.08. The van der Waals surface area contributed by atoms with Gasteiger partial charge in [-0.1, -0.05) is 18.5 Å². The van der Waals surface area contributed by atoms with E-state index in [0.29, 0.717) is 22.7 Å². The molecule has 0 radical (unpaired) electrons. The minimum Gasteiger partial charge on any atom is -0.385 e. The van der Waals surface area contributed by atoms with Crippen LogP contribution in [-0.2, 0) is 0 Å². The first-order valence-corrected chi connectivity index (χ1v) is 7.82. The van der Waals surface area contributed by atoms with Gasteiger partial charge < -0.3 is 10.2 Å². The average Bonchev–Trinajstić information content (AvgIpc) is 2.81. The Balaban J connectivity index is 2.34. The summed E-state index contributed by atoms with van der Waals surface area (Å²) in [6.45, 7) is 7.09. The first-order chi connectivity index (χ1) is 9.58. The molecule has 0 aliphatic carbocycles. The van der Waals surface area contributed by atoms with E-state index < -0.39 is 0 Å². The lowest BCUT2D eigenvalue weighted by Gasteiger charge is -2.29. The van der Waals surface area contributed by atoms with E-state index >= 15 is 0 Å². The fourth-order valence-electron chi connectivity index (χ4n) is 3.02. The molecule has 1 N–H and O–H groups in total. The molecule has 0 saturated carbocycles. The van der Waals surface area contributed by atoms with Crippen LogP contribution >= 0.6 is 11.6 Å². The minimum atomic E-state index is 0.0975. The lowest BCUT2D eigenvalue weighted by Crippen LogP contribution is -2.40. The smallest absolute Gasteiger partial charge is 0.256 e. The van der Waals surface area contributed by atoms with E-state index in [4.69, 9.17) is 11.6 Å². The van der Waals surface area contributed by atoms with Crippen molar-refractivity contribution in [2.45, 2.75) is 52.1 Å². The maximum absolute atomic E-state index is 12.9. The van der Waals surface area contributed by atoms with Crippen molar-refractivity contribution in [3.8, 4) is 0 Å². The Morgan fingerprint density at radius 3 is 2.80 bits per heavy atom. The Bertz CT molecular complexity index is 489. The van der Waals surface area contributed by atoms with Gasteiger partial charge in [-0.3, -0.25) is 4.79 Å². The maximum atomic E-state index is 12.9. The standard InChI is InChI=1S/C16H23ClN2O/c1-4-13-8-6-11(3)19(13)16(20)14-10-12(17)7-9-15(14)18-5-2/h7,9-11,13,18H,4-6,8H2,1-3H3. The topological polar surface area (TPSA) is 32.3 Å². The highest BCUT2D eigenvalue weighted by molar-refractivity contribution is 6.31. The molecule has 1 aromatic carbocycles. The lowest BCUT2D eigenvalue weighted by molar-refractivity contribution is 0.0677. The number of hydrogen-bond acceptors (Lipinski definition) is 2. The number of carbonyl (C=O) groups is 1. The molecule has 4 heteroatoms. The normalized spacial score (nSPS) is 22.1. The second-order valence-electron chi connectivity index (χ2n) is 5.42. The number of carbonyl (C=O) groups excluding carboxylic acids is 1. The molecule has 1 amide bonds. The number of rotatable bonds is 4. The van der Waals surface area contributed by atoms with E-state index in [2.05, 4.69) is 19.2 Å².